The summed E-state index contributed by atoms with van der Waals surface area (Å²) in [5, 5.41) is 0. The molecule has 0 aliphatic carbocycles. The minimum Gasteiger partial charge on any atom is -0.449 e. The quantitative estimate of drug-likeness (QED) is 0.0769. The zero-order chi connectivity index (χ0) is 38.7. The lowest BCUT2D eigenvalue weighted by atomic mass is 10.0. The van der Waals surface area contributed by atoms with Crippen molar-refractivity contribution in [3.8, 4) is 11.1 Å². The molecule has 0 unspecified atom stereocenters. The van der Waals surface area contributed by atoms with Gasteiger partial charge in [-0.1, -0.05) is 69.7 Å². The minimum atomic E-state index is -4.78. The van der Waals surface area contributed by atoms with E-state index < -0.39 is 26.8 Å². The lowest BCUT2D eigenvalue weighted by molar-refractivity contribution is 0.0961. The van der Waals surface area contributed by atoms with Crippen LogP contribution in [0, 0.1) is 5.82 Å². The maximum atomic E-state index is 16.8. The van der Waals surface area contributed by atoms with E-state index in [9.17, 15) is 22.8 Å². The molecule has 14 heteroatoms. The number of ether oxygens (including phenoxy) is 1. The molecule has 282 valence electrons. The van der Waals surface area contributed by atoms with Crippen LogP contribution in [0.4, 0.5) is 14.9 Å². The van der Waals surface area contributed by atoms with Crippen molar-refractivity contribution in [3.63, 3.8) is 0 Å². The molecule has 3 heterocycles. The number of benzene rings is 2. The molecule has 0 atom stereocenters. The monoisotopic (exact) mass is 754 g/mol. The lowest BCUT2D eigenvalue weighted by Gasteiger charge is -2.22. The van der Waals surface area contributed by atoms with Gasteiger partial charge in [0.25, 0.3) is 15.9 Å². The van der Waals surface area contributed by atoms with Crippen LogP contribution in [0.3, 0.4) is 0 Å². The third-order valence-electron chi connectivity index (χ3n) is 8.69. The Hall–Kier alpha value is -5.76. The Kier molecular flexibility index (Phi) is 13.4. The van der Waals surface area contributed by atoms with E-state index in [0.717, 1.165) is 6.42 Å². The largest absolute Gasteiger partial charge is 0.449 e. The van der Waals surface area contributed by atoms with E-state index in [2.05, 4.69) is 9.97 Å². The predicted molar refractivity (Wildman–Crippen MR) is 202 cm³/mol. The standard InChI is InChI=1S/C40H43FN6O6S/c1-4-7-25-53-40(50)45-54(51,52)38-32(28-13-9-8-10-14-28)17-16-30(36(38)41)27-47-35(12-5-2)44-33(6-3)37(47)34(48)20-24-46(31-15-11-21-43-26-31)39(49)29-18-22-42-23-19-29/h8-11,13-19,21-23,26H,4-7,12,20,24-25,27H2,1-3H3,(H,45,50). The lowest BCUT2D eigenvalue weighted by Crippen LogP contribution is -2.33. The first kappa shape index (κ1) is 39.4. The van der Waals surface area contributed by atoms with Crippen LogP contribution < -0.4 is 9.62 Å². The summed E-state index contributed by atoms with van der Waals surface area (Å²) >= 11 is 0. The van der Waals surface area contributed by atoms with Gasteiger partial charge in [-0.25, -0.2) is 27.3 Å². The zero-order valence-electron chi connectivity index (χ0n) is 30.5. The summed E-state index contributed by atoms with van der Waals surface area (Å²) in [6.45, 7) is 5.48. The summed E-state index contributed by atoms with van der Waals surface area (Å²) in [6.07, 6.45) is 7.61. The van der Waals surface area contributed by atoms with Crippen LogP contribution >= 0.6 is 0 Å². The molecule has 0 saturated carbocycles. The van der Waals surface area contributed by atoms with Crippen molar-refractivity contribution in [2.75, 3.05) is 18.1 Å². The Bertz CT molecular complexity index is 2180. The van der Waals surface area contributed by atoms with Gasteiger partial charge in [0.2, 0.25) is 0 Å². The summed E-state index contributed by atoms with van der Waals surface area (Å²) in [5.41, 5.74) is 2.06. The van der Waals surface area contributed by atoms with Crippen molar-refractivity contribution in [1.82, 2.24) is 24.2 Å². The van der Waals surface area contributed by atoms with Gasteiger partial charge in [0.15, 0.2) is 5.78 Å². The minimum absolute atomic E-state index is 0.00120. The number of anilines is 1. The van der Waals surface area contributed by atoms with E-state index >= 15 is 4.39 Å². The van der Waals surface area contributed by atoms with Crippen LogP contribution in [0.1, 0.15) is 84.4 Å². The first-order valence-corrected chi connectivity index (χ1v) is 19.4. The van der Waals surface area contributed by atoms with Crippen LogP contribution in [0.2, 0.25) is 0 Å². The molecule has 1 N–H and O–H groups in total. The molecular formula is C40H43FN6O6S. The average Bonchev–Trinajstić information content (AvgIpc) is 3.53. The number of hydrogen-bond donors (Lipinski definition) is 1. The van der Waals surface area contributed by atoms with Crippen LogP contribution in [-0.2, 0) is 34.1 Å². The molecule has 0 fully saturated rings. The van der Waals surface area contributed by atoms with E-state index in [0.29, 0.717) is 54.0 Å². The molecule has 0 aliphatic rings. The van der Waals surface area contributed by atoms with Crippen LogP contribution in [0.15, 0.2) is 96.4 Å². The second-order valence-corrected chi connectivity index (χ2v) is 14.1. The normalized spacial score (nSPS) is 11.3. The number of nitrogens with one attached hydrogen (secondary N) is 1. The zero-order valence-corrected chi connectivity index (χ0v) is 31.3. The molecule has 0 bridgehead atoms. The Labute approximate surface area is 314 Å². The third kappa shape index (κ3) is 9.23. The fourth-order valence-electron chi connectivity index (χ4n) is 6.04. The van der Waals surface area contributed by atoms with Gasteiger partial charge in [0.05, 0.1) is 30.7 Å². The number of unbranched alkanes of at least 4 members (excludes halogenated alkanes) is 1. The van der Waals surface area contributed by atoms with Crippen molar-refractivity contribution in [2.24, 2.45) is 0 Å². The fraction of sp³-hybridized carbons (Fsp3) is 0.300. The summed E-state index contributed by atoms with van der Waals surface area (Å²) in [5.74, 6) is -1.22. The molecule has 0 radical (unpaired) electrons. The average molecular weight is 755 g/mol. The van der Waals surface area contributed by atoms with E-state index in [-0.39, 0.29) is 54.6 Å². The summed E-state index contributed by atoms with van der Waals surface area (Å²) in [4.78, 5) is 54.1. The number of carbonyl (C=O) groups excluding carboxylic acids is 3. The number of hydrogen-bond acceptors (Lipinski definition) is 9. The highest BCUT2D eigenvalue weighted by atomic mass is 32.2. The summed E-state index contributed by atoms with van der Waals surface area (Å²) in [6, 6.07) is 18.0. The van der Waals surface area contributed by atoms with Crippen LogP contribution in [0.5, 0.6) is 0 Å². The highest BCUT2D eigenvalue weighted by molar-refractivity contribution is 7.90. The number of halogens is 1. The molecule has 2 amide bonds. The molecule has 54 heavy (non-hydrogen) atoms. The topological polar surface area (TPSA) is 153 Å². The smallest absolute Gasteiger partial charge is 0.421 e. The number of imidazole rings is 1. The molecule has 5 rings (SSSR count). The van der Waals surface area contributed by atoms with Gasteiger partial charge in [-0.05, 0) is 49.1 Å². The third-order valence-corrected chi connectivity index (χ3v) is 10.1. The molecule has 2 aromatic carbocycles. The molecule has 0 saturated heterocycles. The van der Waals surface area contributed by atoms with Gasteiger partial charge in [-0.3, -0.25) is 19.6 Å². The highest BCUT2D eigenvalue weighted by Crippen LogP contribution is 2.33. The van der Waals surface area contributed by atoms with Crippen molar-refractivity contribution >= 4 is 33.5 Å². The first-order chi connectivity index (χ1) is 26.1. The van der Waals surface area contributed by atoms with Gasteiger partial charge in [-0.2, -0.15) is 0 Å². The van der Waals surface area contributed by atoms with Gasteiger partial charge in [-0.15, -0.1) is 0 Å². The van der Waals surface area contributed by atoms with Crippen molar-refractivity contribution in [1.29, 1.82) is 0 Å². The molecule has 0 spiro atoms. The number of carbonyl (C=O) groups is 3. The number of pyridine rings is 2. The van der Waals surface area contributed by atoms with Gasteiger partial charge >= 0.3 is 6.09 Å². The van der Waals surface area contributed by atoms with Crippen molar-refractivity contribution in [3.05, 3.63) is 126 Å². The van der Waals surface area contributed by atoms with Crippen LogP contribution in [0.25, 0.3) is 11.1 Å². The second-order valence-electron chi connectivity index (χ2n) is 12.5. The maximum Gasteiger partial charge on any atom is 0.421 e. The number of sulfonamides is 1. The van der Waals surface area contributed by atoms with Crippen molar-refractivity contribution in [2.45, 2.75) is 70.7 Å². The summed E-state index contributed by atoms with van der Waals surface area (Å²) in [7, 11) is -4.78. The SMILES string of the molecule is CCCCOC(=O)NS(=O)(=O)c1c(-c2ccccc2)ccc(Cn2c(CCC)nc(CC)c2C(=O)CCN(C(=O)c2ccncc2)c2cccnc2)c1F. The van der Waals surface area contributed by atoms with Gasteiger partial charge < -0.3 is 14.2 Å². The Balaban J connectivity index is 1.54. The Morgan fingerprint density at radius 2 is 1.67 bits per heavy atom. The number of aromatic nitrogens is 4. The fourth-order valence-corrected chi connectivity index (χ4v) is 7.26. The molecule has 3 aromatic heterocycles. The molecule has 0 aliphatic heterocycles. The maximum absolute atomic E-state index is 16.8. The number of rotatable bonds is 17. The molecule has 5 aromatic rings. The first-order valence-electron chi connectivity index (χ1n) is 17.9. The van der Waals surface area contributed by atoms with E-state index in [1.54, 1.807) is 65.4 Å². The molecular weight excluding hydrogens is 712 g/mol. The number of aryl methyl sites for hydroxylation is 2. The Morgan fingerprint density at radius 3 is 2.33 bits per heavy atom. The Morgan fingerprint density at radius 1 is 0.907 bits per heavy atom. The number of Topliss-reactive ketones (excluding diaryl/α,β-unsaturated/α-hetero) is 1. The van der Waals surface area contributed by atoms with Gasteiger partial charge in [0, 0.05) is 54.7 Å². The van der Waals surface area contributed by atoms with Crippen LogP contribution in [-0.4, -0.2) is 58.9 Å². The predicted octanol–water partition coefficient (Wildman–Crippen LogP) is 7.18. The van der Waals surface area contributed by atoms with E-state index in [4.69, 9.17) is 9.72 Å². The highest BCUT2D eigenvalue weighted by Gasteiger charge is 2.31. The number of ketones is 1. The van der Waals surface area contributed by atoms with Gasteiger partial charge in [0.1, 0.15) is 22.2 Å². The van der Waals surface area contributed by atoms with E-state index in [1.165, 1.54) is 35.6 Å². The second kappa shape index (κ2) is 18.3. The van der Waals surface area contributed by atoms with Crippen molar-refractivity contribution < 1.29 is 31.9 Å². The van der Waals surface area contributed by atoms with E-state index in [1.807, 2.05) is 25.5 Å². The molecule has 12 nitrogen and oxygen atoms in total. The summed E-state index contributed by atoms with van der Waals surface area (Å²) < 4.78 is 52.9. The number of amides is 2. The number of nitrogens with zero attached hydrogens (tertiary/aromatic N) is 5.